The van der Waals surface area contributed by atoms with Crippen molar-refractivity contribution in [3.05, 3.63) is 76.9 Å². The molecule has 0 saturated carbocycles. The third-order valence-corrected chi connectivity index (χ3v) is 5.19. The van der Waals surface area contributed by atoms with Gasteiger partial charge < -0.3 is 14.6 Å². The number of hydrogen-bond donors (Lipinski definition) is 1. The van der Waals surface area contributed by atoms with E-state index >= 15 is 0 Å². The number of esters is 1. The predicted molar refractivity (Wildman–Crippen MR) is 109 cm³/mol. The number of carbonyl (C=O) groups is 2. The van der Waals surface area contributed by atoms with Gasteiger partial charge in [0.25, 0.3) is 5.91 Å². The van der Waals surface area contributed by atoms with Gasteiger partial charge in [0, 0.05) is 11.4 Å². The second kappa shape index (κ2) is 9.88. The molecule has 8 heteroatoms. The molecule has 1 aromatic heterocycles. The Hall–Kier alpha value is -3.13. The minimum atomic E-state index is -0.366. The van der Waals surface area contributed by atoms with E-state index in [1.807, 2.05) is 30.3 Å². The Labute approximate surface area is 172 Å². The van der Waals surface area contributed by atoms with Gasteiger partial charge in [-0.1, -0.05) is 29.4 Å². The maximum atomic E-state index is 12.6. The first-order valence-corrected chi connectivity index (χ1v) is 10.0. The maximum absolute atomic E-state index is 12.6. The Morgan fingerprint density at radius 1 is 1.14 bits per heavy atom. The molecule has 0 aliphatic rings. The lowest BCUT2D eigenvalue weighted by Crippen LogP contribution is -2.26. The Bertz CT molecular complexity index is 986. The number of aryl methyl sites for hydroxylation is 1. The fourth-order valence-corrected chi connectivity index (χ4v) is 3.55. The Morgan fingerprint density at radius 2 is 1.90 bits per heavy atom. The predicted octanol–water partition coefficient (Wildman–Crippen LogP) is 3.43. The maximum Gasteiger partial charge on any atom is 0.337 e. The van der Waals surface area contributed by atoms with Gasteiger partial charge in [0.05, 0.1) is 24.0 Å². The summed E-state index contributed by atoms with van der Waals surface area (Å²) in [5, 5.41) is 6.71. The van der Waals surface area contributed by atoms with Crippen molar-refractivity contribution < 1.29 is 18.8 Å². The Kier molecular flexibility index (Phi) is 7.02. The van der Waals surface area contributed by atoms with Crippen LogP contribution in [0.25, 0.3) is 0 Å². The molecule has 1 N–H and O–H groups in total. The largest absolute Gasteiger partial charge is 0.465 e. The highest BCUT2D eigenvalue weighted by Gasteiger charge is 2.13. The van der Waals surface area contributed by atoms with Crippen molar-refractivity contribution in [2.24, 2.45) is 0 Å². The molecule has 0 bridgehead atoms. The average Bonchev–Trinajstić information content (AvgIpc) is 3.17. The van der Waals surface area contributed by atoms with Crippen LogP contribution in [0.15, 0.2) is 57.9 Å². The van der Waals surface area contributed by atoms with Gasteiger partial charge >= 0.3 is 5.97 Å². The standard InChI is InChI=1S/C21H21N3O4S/c1-14-23-19(28-24-14)13-29-18-6-4-3-5-17(18)20(25)22-12-11-15-7-9-16(10-8-15)21(26)27-2/h3-10H,11-13H2,1-2H3,(H,22,25). The number of carbonyl (C=O) groups excluding carboxylic acids is 2. The molecule has 0 radical (unpaired) electrons. The van der Waals surface area contributed by atoms with Crippen molar-refractivity contribution in [3.8, 4) is 0 Å². The highest BCUT2D eigenvalue weighted by molar-refractivity contribution is 7.98. The van der Waals surface area contributed by atoms with Crippen molar-refractivity contribution in [2.45, 2.75) is 24.0 Å². The van der Waals surface area contributed by atoms with Crippen molar-refractivity contribution in [1.82, 2.24) is 15.5 Å². The first-order valence-electron chi connectivity index (χ1n) is 9.03. The monoisotopic (exact) mass is 411 g/mol. The molecule has 0 aliphatic carbocycles. The molecule has 3 rings (SSSR count). The Balaban J connectivity index is 1.54. The van der Waals surface area contributed by atoms with Crippen LogP contribution in [0, 0.1) is 6.92 Å². The van der Waals surface area contributed by atoms with E-state index in [9.17, 15) is 9.59 Å². The lowest BCUT2D eigenvalue weighted by molar-refractivity contribution is 0.0600. The summed E-state index contributed by atoms with van der Waals surface area (Å²) in [5.41, 5.74) is 2.13. The van der Waals surface area contributed by atoms with Crippen LogP contribution >= 0.6 is 11.8 Å². The molecular formula is C21H21N3O4S. The fraction of sp³-hybridized carbons (Fsp3) is 0.238. The molecule has 0 atom stereocenters. The molecule has 0 spiro atoms. The first kappa shape index (κ1) is 20.6. The van der Waals surface area contributed by atoms with Crippen molar-refractivity contribution in [2.75, 3.05) is 13.7 Å². The van der Waals surface area contributed by atoms with E-state index in [-0.39, 0.29) is 11.9 Å². The molecule has 1 amide bonds. The van der Waals surface area contributed by atoms with Crippen LogP contribution in [0.3, 0.4) is 0 Å². The molecule has 1 heterocycles. The zero-order chi connectivity index (χ0) is 20.6. The van der Waals surface area contributed by atoms with Crippen LogP contribution in [0.1, 0.15) is 38.0 Å². The van der Waals surface area contributed by atoms with Gasteiger partial charge in [0.2, 0.25) is 5.89 Å². The number of methoxy groups -OCH3 is 1. The SMILES string of the molecule is COC(=O)c1ccc(CCNC(=O)c2ccccc2SCc2nc(C)no2)cc1. The summed E-state index contributed by atoms with van der Waals surface area (Å²) in [6.45, 7) is 2.25. The first-order chi connectivity index (χ1) is 14.1. The van der Waals surface area contributed by atoms with Crippen LogP contribution in [-0.4, -0.2) is 35.7 Å². The number of rotatable bonds is 8. The van der Waals surface area contributed by atoms with Crippen LogP contribution in [0.4, 0.5) is 0 Å². The average molecular weight is 411 g/mol. The Morgan fingerprint density at radius 3 is 2.59 bits per heavy atom. The van der Waals surface area contributed by atoms with Crippen LogP contribution < -0.4 is 5.32 Å². The lowest BCUT2D eigenvalue weighted by atomic mass is 10.1. The lowest BCUT2D eigenvalue weighted by Gasteiger charge is -2.09. The summed E-state index contributed by atoms with van der Waals surface area (Å²) in [5.74, 6) is 1.11. The van der Waals surface area contributed by atoms with E-state index in [1.165, 1.54) is 18.9 Å². The smallest absolute Gasteiger partial charge is 0.337 e. The van der Waals surface area contributed by atoms with Crippen LogP contribution in [-0.2, 0) is 16.9 Å². The van der Waals surface area contributed by atoms with E-state index in [0.717, 1.165) is 10.5 Å². The van der Waals surface area contributed by atoms with Gasteiger partial charge in [-0.25, -0.2) is 4.79 Å². The molecular weight excluding hydrogens is 390 g/mol. The molecule has 7 nitrogen and oxygen atoms in total. The van der Waals surface area contributed by atoms with E-state index < -0.39 is 0 Å². The molecule has 0 saturated heterocycles. The quantitative estimate of drug-likeness (QED) is 0.448. The van der Waals surface area contributed by atoms with Crippen molar-refractivity contribution in [3.63, 3.8) is 0 Å². The van der Waals surface area contributed by atoms with E-state index in [4.69, 9.17) is 4.52 Å². The second-order valence-corrected chi connectivity index (χ2v) is 7.23. The summed E-state index contributed by atoms with van der Waals surface area (Å²) in [6, 6.07) is 14.6. The highest BCUT2D eigenvalue weighted by Crippen LogP contribution is 2.25. The summed E-state index contributed by atoms with van der Waals surface area (Å²) in [6.07, 6.45) is 0.657. The highest BCUT2D eigenvalue weighted by atomic mass is 32.2. The van der Waals surface area contributed by atoms with Crippen LogP contribution in [0.2, 0.25) is 0 Å². The molecule has 150 valence electrons. The number of hydrogen-bond acceptors (Lipinski definition) is 7. The van der Waals surface area contributed by atoms with E-state index in [2.05, 4.69) is 20.2 Å². The van der Waals surface area contributed by atoms with Crippen molar-refractivity contribution in [1.29, 1.82) is 0 Å². The number of benzene rings is 2. The molecule has 0 unspecified atom stereocenters. The minimum Gasteiger partial charge on any atom is -0.465 e. The van der Waals surface area contributed by atoms with Gasteiger partial charge in [-0.05, 0) is 43.2 Å². The second-order valence-electron chi connectivity index (χ2n) is 6.21. The fourth-order valence-electron chi connectivity index (χ4n) is 2.66. The molecule has 2 aromatic carbocycles. The van der Waals surface area contributed by atoms with Gasteiger partial charge in [0.15, 0.2) is 5.82 Å². The van der Waals surface area contributed by atoms with Gasteiger partial charge in [-0.3, -0.25) is 4.79 Å². The molecule has 3 aromatic rings. The number of aromatic nitrogens is 2. The molecule has 29 heavy (non-hydrogen) atoms. The number of thioether (sulfide) groups is 1. The summed E-state index contributed by atoms with van der Waals surface area (Å²) in [7, 11) is 1.35. The zero-order valence-corrected chi connectivity index (χ0v) is 17.0. The van der Waals surface area contributed by atoms with Gasteiger partial charge in [-0.2, -0.15) is 4.98 Å². The summed E-state index contributed by atoms with van der Waals surface area (Å²) >= 11 is 1.48. The van der Waals surface area contributed by atoms with E-state index in [0.29, 0.717) is 41.6 Å². The number of nitrogens with one attached hydrogen (secondary N) is 1. The molecule has 0 fully saturated rings. The third kappa shape index (κ3) is 5.68. The number of nitrogens with zero attached hydrogens (tertiary/aromatic N) is 2. The topological polar surface area (TPSA) is 94.3 Å². The summed E-state index contributed by atoms with van der Waals surface area (Å²) < 4.78 is 9.81. The van der Waals surface area contributed by atoms with Gasteiger partial charge in [-0.15, -0.1) is 11.8 Å². The van der Waals surface area contributed by atoms with E-state index in [1.54, 1.807) is 25.1 Å². The number of amides is 1. The number of ether oxygens (including phenoxy) is 1. The molecule has 0 aliphatic heterocycles. The van der Waals surface area contributed by atoms with Gasteiger partial charge in [0.1, 0.15) is 0 Å². The normalized spacial score (nSPS) is 10.6. The third-order valence-electron chi connectivity index (χ3n) is 4.13. The zero-order valence-electron chi connectivity index (χ0n) is 16.2. The summed E-state index contributed by atoms with van der Waals surface area (Å²) in [4.78, 5) is 29.1. The van der Waals surface area contributed by atoms with Crippen LogP contribution in [0.5, 0.6) is 0 Å². The van der Waals surface area contributed by atoms with Crippen molar-refractivity contribution >= 4 is 23.6 Å². The minimum absolute atomic E-state index is 0.138.